The fraction of sp³-hybridized carbons (Fsp3) is 0.364. The van der Waals surface area contributed by atoms with Crippen LogP contribution in [0, 0.1) is 0 Å². The van der Waals surface area contributed by atoms with Gasteiger partial charge >= 0.3 is 5.97 Å². The molecule has 0 radical (unpaired) electrons. The van der Waals surface area contributed by atoms with Gasteiger partial charge in [0.15, 0.2) is 6.10 Å². The molecule has 1 rings (SSSR count). The Labute approximate surface area is 107 Å². The molecule has 0 saturated carbocycles. The van der Waals surface area contributed by atoms with E-state index in [0.29, 0.717) is 12.4 Å². The minimum absolute atomic E-state index is 0.415. The molecule has 3 nitrogen and oxygen atoms in total. The number of carboxylic acid groups (broad SMARTS) is 1. The molecule has 5 heteroatoms. The number of hydrogen-bond donors (Lipinski definition) is 1. The third-order valence-corrected chi connectivity index (χ3v) is 3.46. The van der Waals surface area contributed by atoms with Gasteiger partial charge in [-0.2, -0.15) is 0 Å². The van der Waals surface area contributed by atoms with Crippen molar-refractivity contribution >= 4 is 33.7 Å². The predicted molar refractivity (Wildman–Crippen MR) is 67.9 cm³/mol. The molecule has 0 aromatic heterocycles. The van der Waals surface area contributed by atoms with Crippen molar-refractivity contribution in [1.82, 2.24) is 0 Å². The van der Waals surface area contributed by atoms with Gasteiger partial charge in [-0.3, -0.25) is 0 Å². The molecular formula is C11H13BrO3S. The summed E-state index contributed by atoms with van der Waals surface area (Å²) in [6.07, 6.45) is -0.737. The van der Waals surface area contributed by atoms with Crippen molar-refractivity contribution in [1.29, 1.82) is 0 Å². The molecule has 0 fully saturated rings. The molecule has 0 aliphatic heterocycles. The molecule has 0 bridgehead atoms. The van der Waals surface area contributed by atoms with E-state index in [1.165, 1.54) is 11.8 Å². The third kappa shape index (κ3) is 4.55. The normalized spacial score (nSPS) is 12.4. The number of halogens is 1. The van der Waals surface area contributed by atoms with Crippen molar-refractivity contribution in [2.75, 3.05) is 12.4 Å². The van der Waals surface area contributed by atoms with Crippen LogP contribution in [0.3, 0.4) is 0 Å². The molecule has 16 heavy (non-hydrogen) atoms. The van der Waals surface area contributed by atoms with E-state index < -0.39 is 12.1 Å². The van der Waals surface area contributed by atoms with Crippen molar-refractivity contribution < 1.29 is 14.6 Å². The molecule has 1 aromatic carbocycles. The molecule has 1 N–H and O–H groups in total. The van der Waals surface area contributed by atoms with Gasteiger partial charge in [-0.1, -0.05) is 15.9 Å². The van der Waals surface area contributed by atoms with Crippen molar-refractivity contribution in [3.63, 3.8) is 0 Å². The SMILES string of the molecule is CCOC(CSc1ccc(Br)cc1)C(=O)O. The van der Waals surface area contributed by atoms with Gasteiger partial charge in [0, 0.05) is 21.7 Å². The maximum atomic E-state index is 10.8. The van der Waals surface area contributed by atoms with Crippen LogP contribution in [-0.2, 0) is 9.53 Å². The Kier molecular flexibility index (Phi) is 5.87. The van der Waals surface area contributed by atoms with E-state index in [1.807, 2.05) is 24.3 Å². The lowest BCUT2D eigenvalue weighted by atomic mass is 10.4. The zero-order valence-corrected chi connectivity index (χ0v) is 11.3. The second-order valence-corrected chi connectivity index (χ2v) is 5.06. The molecule has 0 saturated heterocycles. The van der Waals surface area contributed by atoms with Crippen LogP contribution in [-0.4, -0.2) is 29.5 Å². The van der Waals surface area contributed by atoms with Crippen molar-refractivity contribution in [3.05, 3.63) is 28.7 Å². The summed E-state index contributed by atoms with van der Waals surface area (Å²) in [4.78, 5) is 11.9. The lowest BCUT2D eigenvalue weighted by Gasteiger charge is -2.11. The Morgan fingerprint density at radius 3 is 2.62 bits per heavy atom. The Morgan fingerprint density at radius 1 is 1.50 bits per heavy atom. The van der Waals surface area contributed by atoms with Crippen molar-refractivity contribution in [3.8, 4) is 0 Å². The smallest absolute Gasteiger partial charge is 0.333 e. The maximum absolute atomic E-state index is 10.8. The second kappa shape index (κ2) is 6.93. The van der Waals surface area contributed by atoms with E-state index in [0.717, 1.165) is 9.37 Å². The summed E-state index contributed by atoms with van der Waals surface area (Å²) < 4.78 is 6.13. The lowest BCUT2D eigenvalue weighted by Crippen LogP contribution is -2.26. The minimum atomic E-state index is -0.911. The summed E-state index contributed by atoms with van der Waals surface area (Å²) in [5.41, 5.74) is 0. The van der Waals surface area contributed by atoms with E-state index in [1.54, 1.807) is 6.92 Å². The summed E-state index contributed by atoms with van der Waals surface area (Å²) in [7, 11) is 0. The zero-order chi connectivity index (χ0) is 12.0. The molecule has 0 heterocycles. The van der Waals surface area contributed by atoms with E-state index >= 15 is 0 Å². The maximum Gasteiger partial charge on any atom is 0.333 e. The van der Waals surface area contributed by atoms with Gasteiger partial charge in [-0.15, -0.1) is 11.8 Å². The molecule has 0 spiro atoms. The van der Waals surface area contributed by atoms with Crippen molar-refractivity contribution in [2.24, 2.45) is 0 Å². The number of rotatable bonds is 6. The summed E-state index contributed by atoms with van der Waals surface area (Å²) >= 11 is 4.82. The van der Waals surface area contributed by atoms with Crippen LogP contribution in [0.5, 0.6) is 0 Å². The summed E-state index contributed by atoms with van der Waals surface area (Å²) in [5.74, 6) is -0.489. The molecule has 88 valence electrons. The Bertz CT molecular complexity index is 340. The first-order chi connectivity index (χ1) is 7.63. The zero-order valence-electron chi connectivity index (χ0n) is 8.85. The van der Waals surface area contributed by atoms with Gasteiger partial charge in [0.05, 0.1) is 0 Å². The Hall–Kier alpha value is -0.520. The molecule has 1 aromatic rings. The molecular weight excluding hydrogens is 292 g/mol. The average Bonchev–Trinajstić information content (AvgIpc) is 2.26. The molecule has 0 amide bonds. The Morgan fingerprint density at radius 2 is 2.12 bits per heavy atom. The summed E-state index contributed by atoms with van der Waals surface area (Å²) in [5, 5.41) is 8.88. The topological polar surface area (TPSA) is 46.5 Å². The van der Waals surface area contributed by atoms with E-state index in [2.05, 4.69) is 15.9 Å². The highest BCUT2D eigenvalue weighted by molar-refractivity contribution is 9.10. The van der Waals surface area contributed by atoms with Gasteiger partial charge in [0.1, 0.15) is 0 Å². The molecule has 0 aliphatic rings. The summed E-state index contributed by atoms with van der Waals surface area (Å²) in [6.45, 7) is 2.21. The van der Waals surface area contributed by atoms with Crippen LogP contribution < -0.4 is 0 Å². The number of thioether (sulfide) groups is 1. The van der Waals surface area contributed by atoms with Crippen molar-refractivity contribution in [2.45, 2.75) is 17.9 Å². The number of carboxylic acids is 1. The first-order valence-electron chi connectivity index (χ1n) is 4.86. The van der Waals surface area contributed by atoms with Crippen LogP contribution in [0.4, 0.5) is 0 Å². The first-order valence-corrected chi connectivity index (χ1v) is 6.64. The quantitative estimate of drug-likeness (QED) is 0.821. The fourth-order valence-electron chi connectivity index (χ4n) is 1.09. The van der Waals surface area contributed by atoms with E-state index in [4.69, 9.17) is 9.84 Å². The van der Waals surface area contributed by atoms with E-state index in [9.17, 15) is 4.79 Å². The minimum Gasteiger partial charge on any atom is -0.479 e. The number of hydrogen-bond acceptors (Lipinski definition) is 3. The lowest BCUT2D eigenvalue weighted by molar-refractivity contribution is -0.148. The number of ether oxygens (including phenoxy) is 1. The Balaban J connectivity index is 2.48. The molecule has 1 unspecified atom stereocenters. The number of aliphatic carboxylic acids is 1. The number of carbonyl (C=O) groups is 1. The van der Waals surface area contributed by atoms with E-state index in [-0.39, 0.29) is 0 Å². The van der Waals surface area contributed by atoms with Gasteiger partial charge in [0.2, 0.25) is 0 Å². The van der Waals surface area contributed by atoms with Crippen LogP contribution in [0.15, 0.2) is 33.6 Å². The standard InChI is InChI=1S/C11H13BrO3S/c1-2-15-10(11(13)14)7-16-9-5-3-8(12)4-6-9/h3-6,10H,2,7H2,1H3,(H,13,14). The van der Waals surface area contributed by atoms with Crippen LogP contribution in [0.1, 0.15) is 6.92 Å². The van der Waals surface area contributed by atoms with Crippen LogP contribution in [0.2, 0.25) is 0 Å². The predicted octanol–water partition coefficient (Wildman–Crippen LogP) is 3.03. The highest BCUT2D eigenvalue weighted by atomic mass is 79.9. The average molecular weight is 305 g/mol. The second-order valence-electron chi connectivity index (χ2n) is 3.05. The van der Waals surface area contributed by atoms with Crippen LogP contribution >= 0.6 is 27.7 Å². The summed E-state index contributed by atoms with van der Waals surface area (Å²) in [6, 6.07) is 7.75. The van der Waals surface area contributed by atoms with Gasteiger partial charge in [-0.05, 0) is 31.2 Å². The van der Waals surface area contributed by atoms with Gasteiger partial charge < -0.3 is 9.84 Å². The third-order valence-electron chi connectivity index (χ3n) is 1.86. The monoisotopic (exact) mass is 304 g/mol. The van der Waals surface area contributed by atoms with Gasteiger partial charge in [0.25, 0.3) is 0 Å². The highest BCUT2D eigenvalue weighted by Crippen LogP contribution is 2.21. The van der Waals surface area contributed by atoms with Gasteiger partial charge in [-0.25, -0.2) is 4.79 Å². The largest absolute Gasteiger partial charge is 0.479 e. The highest BCUT2D eigenvalue weighted by Gasteiger charge is 2.17. The fourth-order valence-corrected chi connectivity index (χ4v) is 2.27. The first kappa shape index (κ1) is 13.5. The molecule has 0 aliphatic carbocycles. The van der Waals surface area contributed by atoms with Crippen LogP contribution in [0.25, 0.3) is 0 Å². The molecule has 1 atom stereocenters. The number of benzene rings is 1.